The van der Waals surface area contributed by atoms with Gasteiger partial charge in [0.15, 0.2) is 0 Å². The molecular formula is C24H28N2O4. The average Bonchev–Trinajstić information content (AvgIpc) is 3.11. The molecule has 6 heteroatoms. The second-order valence-corrected chi connectivity index (χ2v) is 8.28. The minimum atomic E-state index is -0.527. The van der Waals surface area contributed by atoms with E-state index >= 15 is 0 Å². The lowest BCUT2D eigenvalue weighted by Crippen LogP contribution is -2.14. The molecule has 3 rings (SSSR count). The molecule has 1 heterocycles. The summed E-state index contributed by atoms with van der Waals surface area (Å²) in [7, 11) is 3.06. The molecule has 30 heavy (non-hydrogen) atoms. The summed E-state index contributed by atoms with van der Waals surface area (Å²) in [4.78, 5) is 13.0. The number of rotatable bonds is 5. The van der Waals surface area contributed by atoms with E-state index in [0.29, 0.717) is 22.9 Å². The largest absolute Gasteiger partial charge is 0.497 e. The summed E-state index contributed by atoms with van der Waals surface area (Å²) >= 11 is 0. The highest BCUT2D eigenvalue weighted by molar-refractivity contribution is 5.94. The zero-order valence-corrected chi connectivity index (χ0v) is 18.6. The van der Waals surface area contributed by atoms with Gasteiger partial charge in [-0.05, 0) is 37.6 Å². The van der Waals surface area contributed by atoms with E-state index in [2.05, 4.69) is 26.8 Å². The van der Waals surface area contributed by atoms with Crippen molar-refractivity contribution in [3.05, 3.63) is 64.8 Å². The first-order chi connectivity index (χ1) is 14.1. The molecule has 2 aromatic carbocycles. The van der Waals surface area contributed by atoms with E-state index in [1.165, 1.54) is 7.11 Å². The van der Waals surface area contributed by atoms with Crippen molar-refractivity contribution >= 4 is 5.97 Å². The number of benzene rings is 2. The maximum absolute atomic E-state index is 13.0. The fraction of sp³-hybridized carbons (Fsp3) is 0.333. The van der Waals surface area contributed by atoms with Gasteiger partial charge in [-0.25, -0.2) is 9.48 Å². The molecule has 0 spiro atoms. The number of methoxy groups -OCH3 is 2. The van der Waals surface area contributed by atoms with Crippen molar-refractivity contribution in [2.24, 2.45) is 0 Å². The highest BCUT2D eigenvalue weighted by Gasteiger charge is 2.24. The Kier molecular flexibility index (Phi) is 5.87. The minimum absolute atomic E-state index is 0.206. The van der Waals surface area contributed by atoms with Crippen LogP contribution in [0.15, 0.2) is 42.5 Å². The highest BCUT2D eigenvalue weighted by Crippen LogP contribution is 2.31. The summed E-state index contributed by atoms with van der Waals surface area (Å²) in [6.45, 7) is 10.3. The van der Waals surface area contributed by atoms with E-state index in [4.69, 9.17) is 19.3 Å². The molecule has 0 aliphatic carbocycles. The van der Waals surface area contributed by atoms with Crippen LogP contribution < -0.4 is 14.2 Å². The Labute approximate surface area is 177 Å². The third kappa shape index (κ3) is 4.32. The van der Waals surface area contributed by atoms with Crippen molar-refractivity contribution in [2.75, 3.05) is 14.2 Å². The number of hydrogen-bond donors (Lipinski definition) is 0. The smallest absolute Gasteiger partial charge is 0.348 e. The van der Waals surface area contributed by atoms with E-state index in [1.807, 2.05) is 32.0 Å². The van der Waals surface area contributed by atoms with Gasteiger partial charge in [-0.15, -0.1) is 0 Å². The lowest BCUT2D eigenvalue weighted by molar-refractivity contribution is 0.0719. The van der Waals surface area contributed by atoms with Crippen LogP contribution in [0.3, 0.4) is 0 Å². The minimum Gasteiger partial charge on any atom is -0.497 e. The predicted octanol–water partition coefficient (Wildman–Crippen LogP) is 5.02. The Morgan fingerprint density at radius 2 is 1.70 bits per heavy atom. The lowest BCUT2D eigenvalue weighted by Gasteiger charge is -2.14. The van der Waals surface area contributed by atoms with E-state index in [1.54, 1.807) is 30.0 Å². The first-order valence-corrected chi connectivity index (χ1v) is 9.76. The molecule has 0 saturated heterocycles. The maximum atomic E-state index is 13.0. The molecule has 0 unspecified atom stereocenters. The second-order valence-electron chi connectivity index (χ2n) is 8.28. The normalized spacial score (nSPS) is 11.3. The number of carbonyl (C=O) groups is 1. The van der Waals surface area contributed by atoms with Crippen LogP contribution in [0.1, 0.15) is 48.0 Å². The number of carbonyl (C=O) groups excluding carboxylic acids is 1. The molecule has 0 saturated carbocycles. The quantitative estimate of drug-likeness (QED) is 0.555. The first-order valence-electron chi connectivity index (χ1n) is 9.76. The van der Waals surface area contributed by atoms with Crippen LogP contribution in [0.2, 0.25) is 0 Å². The Bertz CT molecular complexity index is 1080. The van der Waals surface area contributed by atoms with E-state index < -0.39 is 5.97 Å². The molecule has 1 aromatic heterocycles. The van der Waals surface area contributed by atoms with Gasteiger partial charge in [0.05, 0.1) is 25.6 Å². The molecule has 0 aliphatic heterocycles. The lowest BCUT2D eigenvalue weighted by atomic mass is 9.93. The molecule has 0 radical (unpaired) electrons. The molecule has 158 valence electrons. The van der Waals surface area contributed by atoms with Crippen LogP contribution in [0.5, 0.6) is 17.4 Å². The number of nitrogens with zero attached hydrogens (tertiary/aromatic N) is 2. The standard InChI is InChI=1S/C24H28N2O4/c1-15-8-11-19(16(2)12-15)26-22(14-21(25-26)24(3,4)5)30-23(27)18-10-9-17(28-6)13-20(18)29-7/h8-14H,1-7H3. The van der Waals surface area contributed by atoms with Crippen molar-refractivity contribution < 1.29 is 19.0 Å². The predicted molar refractivity (Wildman–Crippen MR) is 116 cm³/mol. The highest BCUT2D eigenvalue weighted by atomic mass is 16.5. The topological polar surface area (TPSA) is 62.6 Å². The number of aryl methyl sites for hydroxylation is 2. The van der Waals surface area contributed by atoms with Crippen LogP contribution >= 0.6 is 0 Å². The third-order valence-corrected chi connectivity index (χ3v) is 4.85. The van der Waals surface area contributed by atoms with E-state index in [-0.39, 0.29) is 5.41 Å². The van der Waals surface area contributed by atoms with Gasteiger partial charge in [0.2, 0.25) is 5.88 Å². The average molecular weight is 408 g/mol. The molecule has 0 atom stereocenters. The van der Waals surface area contributed by atoms with E-state index in [9.17, 15) is 4.79 Å². The molecule has 0 bridgehead atoms. The van der Waals surface area contributed by atoms with Crippen LogP contribution in [-0.2, 0) is 5.41 Å². The van der Waals surface area contributed by atoms with Gasteiger partial charge in [0.1, 0.15) is 17.1 Å². The van der Waals surface area contributed by atoms with Gasteiger partial charge < -0.3 is 14.2 Å². The number of hydrogen-bond acceptors (Lipinski definition) is 5. The monoisotopic (exact) mass is 408 g/mol. The van der Waals surface area contributed by atoms with Crippen LogP contribution in [0.25, 0.3) is 5.69 Å². The third-order valence-electron chi connectivity index (χ3n) is 4.85. The summed E-state index contributed by atoms with van der Waals surface area (Å²) in [5, 5.41) is 4.75. The molecule has 6 nitrogen and oxygen atoms in total. The van der Waals surface area contributed by atoms with Crippen molar-refractivity contribution in [3.63, 3.8) is 0 Å². The number of esters is 1. The molecule has 0 aliphatic rings. The SMILES string of the molecule is COc1ccc(C(=O)Oc2cc(C(C)(C)C)nn2-c2ccc(C)cc2C)c(OC)c1. The van der Waals surface area contributed by atoms with Gasteiger partial charge in [0.25, 0.3) is 0 Å². The Balaban J connectivity index is 2.05. The molecular weight excluding hydrogens is 380 g/mol. The summed E-state index contributed by atoms with van der Waals surface area (Å²) in [6, 6.07) is 12.9. The van der Waals surface area contributed by atoms with Crippen LogP contribution in [-0.4, -0.2) is 30.0 Å². The van der Waals surface area contributed by atoms with Crippen molar-refractivity contribution in [3.8, 4) is 23.1 Å². The van der Waals surface area contributed by atoms with Gasteiger partial charge in [0, 0.05) is 17.5 Å². The number of ether oxygens (including phenoxy) is 3. The summed E-state index contributed by atoms with van der Waals surface area (Å²) in [5.41, 5.74) is 3.98. The first kappa shape index (κ1) is 21.4. The zero-order chi connectivity index (χ0) is 22.1. The zero-order valence-electron chi connectivity index (χ0n) is 18.6. The summed E-state index contributed by atoms with van der Waals surface area (Å²) in [5.74, 6) is 0.808. The molecule has 0 N–H and O–H groups in total. The van der Waals surface area contributed by atoms with Gasteiger partial charge in [-0.3, -0.25) is 0 Å². The fourth-order valence-electron chi connectivity index (χ4n) is 3.14. The van der Waals surface area contributed by atoms with Gasteiger partial charge in [-0.1, -0.05) is 38.5 Å². The molecule has 0 fully saturated rings. The summed E-state index contributed by atoms with van der Waals surface area (Å²) < 4.78 is 18.0. The van der Waals surface area contributed by atoms with Crippen molar-refractivity contribution in [2.45, 2.75) is 40.0 Å². The fourth-order valence-corrected chi connectivity index (χ4v) is 3.14. The van der Waals surface area contributed by atoms with Crippen molar-refractivity contribution in [1.29, 1.82) is 0 Å². The van der Waals surface area contributed by atoms with E-state index in [0.717, 1.165) is 22.5 Å². The van der Waals surface area contributed by atoms with Gasteiger partial charge in [-0.2, -0.15) is 5.10 Å². The summed E-state index contributed by atoms with van der Waals surface area (Å²) in [6.07, 6.45) is 0. The van der Waals surface area contributed by atoms with Crippen molar-refractivity contribution in [1.82, 2.24) is 9.78 Å². The molecule has 3 aromatic rings. The molecule has 0 amide bonds. The van der Waals surface area contributed by atoms with Crippen LogP contribution in [0, 0.1) is 13.8 Å². The van der Waals surface area contributed by atoms with Gasteiger partial charge >= 0.3 is 5.97 Å². The second kappa shape index (κ2) is 8.22. The van der Waals surface area contributed by atoms with Crippen LogP contribution in [0.4, 0.5) is 0 Å². The maximum Gasteiger partial charge on any atom is 0.348 e. The Hall–Kier alpha value is -3.28. The Morgan fingerprint density at radius 1 is 0.967 bits per heavy atom. The Morgan fingerprint density at radius 3 is 2.30 bits per heavy atom. The number of aromatic nitrogens is 2.